The van der Waals surface area contributed by atoms with Crippen LogP contribution in [0.5, 0.6) is 0 Å². The number of carbonyl (C=O) groups excluding carboxylic acids is 11. The predicted octanol–water partition coefficient (Wildman–Crippen LogP) is 2.66. The molecule has 1 unspecified atom stereocenters. The number of nitrogens with zero attached hydrogens (tertiary/aromatic N) is 7. The molecule has 2 rings (SSSR count). The molecule has 546 valence electrons. The predicted molar refractivity (Wildman–Crippen MR) is 363 cm³/mol. The van der Waals surface area contributed by atoms with E-state index >= 15 is 14.4 Å². The lowest BCUT2D eigenvalue weighted by molar-refractivity contribution is -0.166. The zero-order valence-electron chi connectivity index (χ0n) is 61.9. The number of aliphatic hydroxyl groups is 3. The molecule has 26 heteroatoms. The fourth-order valence-electron chi connectivity index (χ4n) is 12.7. The molecule has 2 fully saturated rings. The molecule has 2 aliphatic rings. The Bertz CT molecular complexity index is 2550. The van der Waals surface area contributed by atoms with E-state index in [-0.39, 0.29) is 80.9 Å². The molecule has 2 saturated heterocycles. The van der Waals surface area contributed by atoms with Gasteiger partial charge in [0.15, 0.2) is 11.9 Å². The topological polar surface area (TPSA) is 328 Å². The third-order valence-corrected chi connectivity index (χ3v) is 18.3. The second kappa shape index (κ2) is 39.5. The van der Waals surface area contributed by atoms with E-state index in [1.807, 2.05) is 69.2 Å². The van der Waals surface area contributed by atoms with Crippen LogP contribution in [-0.4, -0.2) is 268 Å². The Morgan fingerprint density at radius 3 is 1.41 bits per heavy atom. The van der Waals surface area contributed by atoms with Gasteiger partial charge in [-0.05, 0) is 133 Å². The van der Waals surface area contributed by atoms with Crippen LogP contribution in [0.1, 0.15) is 175 Å². The summed E-state index contributed by atoms with van der Waals surface area (Å²) >= 11 is 0. The average Bonchev–Trinajstić information content (AvgIpc) is 0.811. The van der Waals surface area contributed by atoms with Crippen molar-refractivity contribution in [1.82, 2.24) is 55.6 Å². The maximum Gasteiger partial charge on any atom is 0.329 e. The summed E-state index contributed by atoms with van der Waals surface area (Å²) < 4.78 is 5.92. The lowest BCUT2D eigenvalue weighted by Crippen LogP contribution is -2.64. The number of amides is 9. The Balaban J connectivity index is 3.01. The molecule has 14 atom stereocenters. The molecule has 95 heavy (non-hydrogen) atoms. The van der Waals surface area contributed by atoms with Gasteiger partial charge in [-0.2, -0.15) is 0 Å². The molecule has 2 aliphatic heterocycles. The Hall–Kier alpha value is -5.83. The van der Waals surface area contributed by atoms with Gasteiger partial charge in [0.05, 0.1) is 37.9 Å². The standard InChI is InChI=1S/C69H125N11O15/c1-38(2)30-50-64(89)76(20)53(33-41(7)8)61(86)70-46(16)69(94)95-59(44(13)14)68(93)77(21)54(34-42(9)10)62(87)72-51(31-39(3)4)65(90)78(22)56(43(11)12)67(92)79(23)57(58(84)45(15)27-29-80-28-25-24-26-48(80)37-81)63(88)73-55(47(17)82)66(91)75(19)36-49(83)35-74(18)52(32-40(5)6)60(85)71-50/h38-48,50-59,81-82,84H,24-37H2,1-23H3,(H,70,86)(H,71,85)(H,72,87)(H,73,88)/t45-,46+,47-,48?,50+,51+,52+,53+,54+,55+,56+,57+,58-,59-/m1/s1. The number of rotatable bonds is 19. The quantitative estimate of drug-likeness (QED) is 0.0914. The molecular formula is C69H125N11O15. The Labute approximate surface area is 567 Å². The second-order valence-corrected chi connectivity index (χ2v) is 30.1. The molecule has 0 aliphatic carbocycles. The monoisotopic (exact) mass is 1350 g/mol. The molecule has 0 spiro atoms. The molecule has 0 aromatic heterocycles. The summed E-state index contributed by atoms with van der Waals surface area (Å²) in [5.74, 6) is -11.1. The highest BCUT2D eigenvalue weighted by molar-refractivity contribution is 5.99. The van der Waals surface area contributed by atoms with Crippen molar-refractivity contribution >= 4 is 64.9 Å². The maximum atomic E-state index is 15.4. The summed E-state index contributed by atoms with van der Waals surface area (Å²) in [6, 6.07) is -12.1. The number of likely N-dealkylation sites (N-methyl/N-ethyl adjacent to an activating group) is 6. The van der Waals surface area contributed by atoms with Gasteiger partial charge in [0.1, 0.15) is 48.3 Å². The molecular weight excluding hydrogens is 1220 g/mol. The van der Waals surface area contributed by atoms with Crippen LogP contribution in [0.15, 0.2) is 0 Å². The Morgan fingerprint density at radius 1 is 0.495 bits per heavy atom. The Kier molecular flexibility index (Phi) is 35.5. The number of ketones is 1. The van der Waals surface area contributed by atoms with Gasteiger partial charge in [-0.25, -0.2) is 4.79 Å². The summed E-state index contributed by atoms with van der Waals surface area (Å²) in [7, 11) is 8.39. The van der Waals surface area contributed by atoms with Crippen LogP contribution in [0, 0.1) is 47.3 Å². The highest BCUT2D eigenvalue weighted by atomic mass is 16.6. The minimum atomic E-state index is -1.76. The smallest absolute Gasteiger partial charge is 0.329 e. The highest BCUT2D eigenvalue weighted by Crippen LogP contribution is 2.26. The summed E-state index contributed by atoms with van der Waals surface area (Å²) in [6.07, 6.45) is -1.09. The number of piperidine rings is 1. The van der Waals surface area contributed by atoms with E-state index in [0.29, 0.717) is 19.5 Å². The molecule has 7 N–H and O–H groups in total. The number of likely N-dealkylation sites (tertiary alicyclic amines) is 1. The first-order valence-corrected chi connectivity index (χ1v) is 34.7. The molecule has 26 nitrogen and oxygen atoms in total. The van der Waals surface area contributed by atoms with Crippen molar-refractivity contribution in [2.45, 2.75) is 254 Å². The SMILES string of the molecule is CC(C)C[C@@H]1NC(=O)[C@H](CC(C)C)N(C)C(=O)[C@@H](C(C)C)OC(=O)[C@H](C)NC(=O)[C@H](CC(C)C)N(C)C(=O)[C@H](CC(C)C)NC(=O)[C@H](CC(C)C)N(C)CC(=O)CN(C)C(=O)[C@H]([C@@H](C)O)NC(=O)[C@H]([C@H](O)[C@H](C)CCN2CCCCC2CO)N(C)C(=O)[C@H](C(C)C)N(C)C1=O. The van der Waals surface area contributed by atoms with E-state index in [1.54, 1.807) is 41.7 Å². The fourth-order valence-corrected chi connectivity index (χ4v) is 12.7. The summed E-state index contributed by atoms with van der Waals surface area (Å²) in [4.78, 5) is 171. The van der Waals surface area contributed by atoms with Crippen LogP contribution in [0.4, 0.5) is 0 Å². The van der Waals surface area contributed by atoms with Gasteiger partial charge >= 0.3 is 5.97 Å². The summed E-state index contributed by atoms with van der Waals surface area (Å²) in [5, 5.41) is 45.1. The molecule has 9 amide bonds. The molecule has 0 saturated carbocycles. The van der Waals surface area contributed by atoms with Crippen molar-refractivity contribution in [1.29, 1.82) is 0 Å². The van der Waals surface area contributed by atoms with E-state index in [2.05, 4.69) is 26.2 Å². The van der Waals surface area contributed by atoms with Gasteiger partial charge in [0.2, 0.25) is 47.3 Å². The molecule has 0 radical (unpaired) electrons. The van der Waals surface area contributed by atoms with Crippen molar-refractivity contribution < 1.29 is 72.8 Å². The minimum Gasteiger partial charge on any atom is -0.450 e. The molecule has 2 heterocycles. The van der Waals surface area contributed by atoms with Crippen LogP contribution in [-0.2, 0) is 57.5 Å². The summed E-state index contributed by atoms with van der Waals surface area (Å²) in [6.45, 7) is 29.8. The Morgan fingerprint density at radius 2 is 0.947 bits per heavy atom. The third-order valence-electron chi connectivity index (χ3n) is 18.3. The van der Waals surface area contributed by atoms with Gasteiger partial charge in [-0.15, -0.1) is 0 Å². The van der Waals surface area contributed by atoms with Gasteiger partial charge in [-0.3, -0.25) is 57.7 Å². The van der Waals surface area contributed by atoms with Crippen molar-refractivity contribution in [2.75, 3.05) is 75.1 Å². The van der Waals surface area contributed by atoms with Crippen LogP contribution in [0.25, 0.3) is 0 Å². The van der Waals surface area contributed by atoms with Crippen LogP contribution in [0.2, 0.25) is 0 Å². The zero-order valence-corrected chi connectivity index (χ0v) is 61.9. The first-order chi connectivity index (χ1) is 44.0. The zero-order chi connectivity index (χ0) is 73.0. The van der Waals surface area contributed by atoms with Crippen molar-refractivity contribution in [3.63, 3.8) is 0 Å². The van der Waals surface area contributed by atoms with Crippen molar-refractivity contribution in [2.24, 2.45) is 47.3 Å². The number of ether oxygens (including phenoxy) is 1. The fraction of sp³-hybridized carbons (Fsp3) is 0.841. The first-order valence-electron chi connectivity index (χ1n) is 34.7. The van der Waals surface area contributed by atoms with E-state index in [0.717, 1.165) is 29.1 Å². The largest absolute Gasteiger partial charge is 0.450 e. The van der Waals surface area contributed by atoms with Crippen molar-refractivity contribution in [3.8, 4) is 0 Å². The number of hydrogen-bond donors (Lipinski definition) is 7. The van der Waals surface area contributed by atoms with E-state index in [1.165, 1.54) is 68.7 Å². The van der Waals surface area contributed by atoms with Gasteiger partial charge in [0.25, 0.3) is 5.91 Å². The minimum absolute atomic E-state index is 0.0692. The number of nitrogens with one attached hydrogen (secondary N) is 4. The van der Waals surface area contributed by atoms with Gasteiger partial charge in [0, 0.05) is 41.3 Å². The normalized spacial score (nSPS) is 27.8. The maximum absolute atomic E-state index is 15.4. The first kappa shape index (κ1) is 85.3. The van der Waals surface area contributed by atoms with Crippen LogP contribution in [0.3, 0.4) is 0 Å². The van der Waals surface area contributed by atoms with E-state index in [4.69, 9.17) is 4.74 Å². The number of aliphatic hydroxyl groups excluding tert-OH is 3. The van der Waals surface area contributed by atoms with Crippen LogP contribution < -0.4 is 21.3 Å². The van der Waals surface area contributed by atoms with Gasteiger partial charge in [-0.1, -0.05) is 110 Å². The molecule has 0 aromatic rings. The molecule has 0 aromatic carbocycles. The summed E-state index contributed by atoms with van der Waals surface area (Å²) in [5.41, 5.74) is 0. The number of carbonyl (C=O) groups is 11. The number of cyclic esters (lactones) is 1. The molecule has 0 bridgehead atoms. The highest BCUT2D eigenvalue weighted by Gasteiger charge is 2.46. The average molecular weight is 1350 g/mol. The number of esters is 1. The number of hydrogen-bond acceptors (Lipinski definition) is 17. The lowest BCUT2D eigenvalue weighted by Gasteiger charge is -2.41. The third kappa shape index (κ3) is 25.5. The number of Topliss-reactive ketones (excluding diaryl/α,β-unsaturated/α-hetero) is 1. The van der Waals surface area contributed by atoms with Crippen molar-refractivity contribution in [3.05, 3.63) is 0 Å². The lowest BCUT2D eigenvalue weighted by atomic mass is 9.90. The van der Waals surface area contributed by atoms with Crippen LogP contribution >= 0.6 is 0 Å². The van der Waals surface area contributed by atoms with E-state index in [9.17, 15) is 53.7 Å². The van der Waals surface area contributed by atoms with E-state index < -0.39 is 162 Å². The van der Waals surface area contributed by atoms with Gasteiger partial charge < -0.3 is 65.8 Å². The second-order valence-electron chi connectivity index (χ2n) is 30.1.